The minimum absolute atomic E-state index is 0.633. The van der Waals surface area contributed by atoms with Crippen molar-refractivity contribution >= 4 is 72.9 Å². The van der Waals surface area contributed by atoms with Crippen LogP contribution in [0.5, 0.6) is 51.7 Å². The molecular weight excluding hydrogens is 1610 g/mol. The Morgan fingerprint density at radius 1 is 0.168 bits per heavy atom. The number of hydrogen-bond acceptors (Lipinski definition) is 10. The summed E-state index contributed by atoms with van der Waals surface area (Å²) in [4.78, 5) is 0. The second-order valence-electron chi connectivity index (χ2n) is 35.3. The van der Waals surface area contributed by atoms with Gasteiger partial charge in [-0.2, -0.15) is 0 Å². The zero-order valence-corrected chi connectivity index (χ0v) is 81.7. The third-order valence-electron chi connectivity index (χ3n) is 24.0. The van der Waals surface area contributed by atoms with E-state index in [1.54, 1.807) is 0 Å². The van der Waals surface area contributed by atoms with Gasteiger partial charge in [0.25, 0.3) is 0 Å². The molecule has 10 heteroatoms. The molecule has 0 saturated heterocycles. The molecule has 0 aliphatic carbocycles. The molecule has 0 aromatic heterocycles. The van der Waals surface area contributed by atoms with Crippen molar-refractivity contribution in [3.63, 3.8) is 0 Å². The lowest BCUT2D eigenvalue weighted by Gasteiger charge is -2.30. The van der Waals surface area contributed by atoms with Crippen molar-refractivity contribution in [1.29, 1.82) is 0 Å². The van der Waals surface area contributed by atoms with E-state index in [4.69, 9.17) is 42.6 Å². The third kappa shape index (κ3) is 38.0. The maximum Gasteiger partial charge on any atom is 0.203 e. The van der Waals surface area contributed by atoms with Crippen molar-refractivity contribution in [3.8, 4) is 51.7 Å². The van der Waals surface area contributed by atoms with Crippen LogP contribution in [-0.4, -0.2) is 64.6 Å². The van der Waals surface area contributed by atoms with E-state index < -0.39 is 5.60 Å². The largest absolute Gasteiger partial charge is 0.490 e. The lowest BCUT2D eigenvalue weighted by Crippen LogP contribution is -2.28. The van der Waals surface area contributed by atoms with Gasteiger partial charge in [-0.25, -0.2) is 0 Å². The van der Waals surface area contributed by atoms with E-state index in [0.29, 0.717) is 59.5 Å². The first-order valence-corrected chi connectivity index (χ1v) is 51.1. The Morgan fingerprint density at radius 2 is 0.298 bits per heavy atom. The number of hydrogen-bond donors (Lipinski definition) is 1. The quantitative estimate of drug-likeness (QED) is 0.0225. The van der Waals surface area contributed by atoms with Gasteiger partial charge in [0.05, 0.1) is 59.5 Å². The molecule has 704 valence electrons. The van der Waals surface area contributed by atoms with Gasteiger partial charge >= 0.3 is 0 Å². The number of rotatable bonds is 69. The Bertz CT molecular complexity index is 4190. The fourth-order valence-corrected chi connectivity index (χ4v) is 15.8. The van der Waals surface area contributed by atoms with E-state index in [-0.39, 0.29) is 0 Å². The molecule has 9 rings (SSSR count). The SMILES string of the molecule is CCCCCCOc1cc(/C=C/c2ccc(/C=C/c3ccc(C(O)(c4ccc(/C=C/c5ccc(/C=C/c6cc(OCCCCCC)c(OCCCCCC)c(OCCCCCC)c6)cc5)cc4)c4ccc(/C=C/c5ccc(/C=C/c6cc(OCCCCCC)c(OCCCCCC)c(OCCCCCC)c6)cc5)cc4)cc3)cc2)cc(OCCCCCC)c1OCCCCCC. The van der Waals surface area contributed by atoms with Crippen LogP contribution in [0.15, 0.2) is 182 Å². The van der Waals surface area contributed by atoms with Crippen LogP contribution in [0, 0.1) is 0 Å². The molecule has 0 fully saturated rings. The first kappa shape index (κ1) is 104. The zero-order valence-electron chi connectivity index (χ0n) is 81.7. The van der Waals surface area contributed by atoms with Crippen LogP contribution in [0.1, 0.15) is 377 Å². The normalized spacial score (nSPS) is 11.9. The van der Waals surface area contributed by atoms with Gasteiger partial charge in [0, 0.05) is 0 Å². The molecule has 9 aromatic carbocycles. The van der Waals surface area contributed by atoms with Crippen LogP contribution in [0.4, 0.5) is 0 Å². The Labute approximate surface area is 791 Å². The lowest BCUT2D eigenvalue weighted by atomic mass is 9.79. The second-order valence-corrected chi connectivity index (χ2v) is 35.3. The molecule has 0 atom stereocenters. The second kappa shape index (κ2) is 62.8. The average molecular weight is 1770 g/mol. The van der Waals surface area contributed by atoms with Gasteiger partial charge in [0.1, 0.15) is 5.60 Å². The van der Waals surface area contributed by atoms with Crippen LogP contribution < -0.4 is 42.6 Å². The molecule has 9 aromatic rings. The molecular formula is C121H160O10. The third-order valence-corrected chi connectivity index (χ3v) is 24.0. The summed E-state index contributed by atoms with van der Waals surface area (Å²) in [7, 11) is 0. The standard InChI is InChI=1S/C121H160O10/c1-10-19-28-37-82-123-112-91-106(92-113(124-83-38-29-20-11-2)118(112)129-88-43-34-25-16-7)67-64-100-52-46-97(47-53-100)58-61-103-70-76-109(77-71-103)121(122,110-78-72-104(73-79-110)62-59-98-48-54-101(55-49-98)65-68-107-93-114(125-84-39-30-21-12-3)119(130-89-44-35-26-17-8)115(94-107)126-85-40-31-22-13-4)111-80-74-105(75-81-111)63-60-99-50-56-102(57-51-99)66-69-108-95-116(127-86-41-32-23-14-5)120(131-90-45-36-27-18-9)117(96-108)128-87-42-33-24-15-6/h46-81,91-96,122H,10-45,82-90H2,1-9H3/b61-58+,62-59+,63-60+,67-64+,68-65+,69-66+. The lowest BCUT2D eigenvalue weighted by molar-refractivity contribution is 0.125. The predicted molar refractivity (Wildman–Crippen MR) is 560 cm³/mol. The number of ether oxygens (including phenoxy) is 9. The summed E-state index contributed by atoms with van der Waals surface area (Å²) in [6.45, 7) is 25.9. The van der Waals surface area contributed by atoms with Gasteiger partial charge in [0.15, 0.2) is 34.5 Å². The summed E-state index contributed by atoms with van der Waals surface area (Å²) < 4.78 is 58.9. The smallest absolute Gasteiger partial charge is 0.203 e. The van der Waals surface area contributed by atoms with Crippen molar-refractivity contribution in [3.05, 3.63) is 265 Å². The molecule has 0 amide bonds. The summed E-state index contributed by atoms with van der Waals surface area (Å²) in [5.74, 6) is 6.69. The van der Waals surface area contributed by atoms with Gasteiger partial charge < -0.3 is 47.7 Å². The molecule has 0 spiro atoms. The first-order valence-electron chi connectivity index (χ1n) is 51.1. The molecule has 131 heavy (non-hydrogen) atoms. The number of benzene rings is 9. The fraction of sp³-hybridized carbons (Fsp3) is 0.455. The Kier molecular flexibility index (Phi) is 50.0. The Balaban J connectivity index is 0.947. The van der Waals surface area contributed by atoms with E-state index in [0.717, 1.165) is 251 Å². The van der Waals surface area contributed by atoms with Crippen LogP contribution in [0.3, 0.4) is 0 Å². The molecule has 0 bridgehead atoms. The predicted octanol–water partition coefficient (Wildman–Crippen LogP) is 34.6. The van der Waals surface area contributed by atoms with Crippen LogP contribution in [-0.2, 0) is 5.60 Å². The van der Waals surface area contributed by atoms with Gasteiger partial charge in [-0.3, -0.25) is 0 Å². The van der Waals surface area contributed by atoms with Crippen molar-refractivity contribution < 1.29 is 47.7 Å². The minimum Gasteiger partial charge on any atom is -0.490 e. The van der Waals surface area contributed by atoms with Gasteiger partial charge in [-0.1, -0.05) is 454 Å². The van der Waals surface area contributed by atoms with E-state index in [9.17, 15) is 5.11 Å². The number of aliphatic hydroxyl groups is 1. The highest BCUT2D eigenvalue weighted by atomic mass is 16.6. The molecule has 10 nitrogen and oxygen atoms in total. The van der Waals surface area contributed by atoms with Crippen LogP contribution in [0.25, 0.3) is 72.9 Å². The van der Waals surface area contributed by atoms with Crippen molar-refractivity contribution in [1.82, 2.24) is 0 Å². The van der Waals surface area contributed by atoms with Gasteiger partial charge in [-0.05, 0) is 178 Å². The molecule has 0 heterocycles. The summed E-state index contributed by atoms with van der Waals surface area (Å²) in [6.07, 6.45) is 66.4. The van der Waals surface area contributed by atoms with Gasteiger partial charge in [-0.15, -0.1) is 0 Å². The highest BCUT2D eigenvalue weighted by molar-refractivity contribution is 5.79. The topological polar surface area (TPSA) is 103 Å². The Hall–Kier alpha value is -10.4. The molecule has 0 aliphatic heterocycles. The monoisotopic (exact) mass is 1770 g/mol. The summed E-state index contributed by atoms with van der Waals surface area (Å²) in [6, 6.07) is 63.5. The number of unbranched alkanes of at least 4 members (excludes halogenated alkanes) is 27. The summed E-state index contributed by atoms with van der Waals surface area (Å²) in [5, 5.41) is 13.6. The minimum atomic E-state index is -1.50. The van der Waals surface area contributed by atoms with E-state index in [1.165, 1.54) is 116 Å². The zero-order chi connectivity index (χ0) is 92.2. The fourth-order valence-electron chi connectivity index (χ4n) is 15.8. The molecule has 0 radical (unpaired) electrons. The van der Waals surface area contributed by atoms with E-state index >= 15 is 0 Å². The maximum absolute atomic E-state index is 13.6. The van der Waals surface area contributed by atoms with Gasteiger partial charge in [0.2, 0.25) is 17.2 Å². The van der Waals surface area contributed by atoms with Crippen LogP contribution >= 0.6 is 0 Å². The first-order chi connectivity index (χ1) is 64.5. The highest BCUT2D eigenvalue weighted by Gasteiger charge is 2.34. The highest BCUT2D eigenvalue weighted by Crippen LogP contribution is 2.45. The summed E-state index contributed by atoms with van der Waals surface area (Å²) in [5.41, 5.74) is 13.3. The molecule has 0 saturated carbocycles. The van der Waals surface area contributed by atoms with E-state index in [1.807, 2.05) is 0 Å². The van der Waals surface area contributed by atoms with E-state index in [2.05, 4.69) is 317 Å². The molecule has 0 unspecified atom stereocenters. The van der Waals surface area contributed by atoms with Crippen molar-refractivity contribution in [2.45, 2.75) is 299 Å². The van der Waals surface area contributed by atoms with Crippen LogP contribution in [0.2, 0.25) is 0 Å². The Morgan fingerprint density at radius 3 is 0.443 bits per heavy atom. The van der Waals surface area contributed by atoms with Crippen molar-refractivity contribution in [2.75, 3.05) is 59.5 Å². The molecule has 0 aliphatic rings. The summed E-state index contributed by atoms with van der Waals surface area (Å²) >= 11 is 0. The van der Waals surface area contributed by atoms with Crippen molar-refractivity contribution in [2.24, 2.45) is 0 Å². The maximum atomic E-state index is 13.6. The molecule has 1 N–H and O–H groups in total. The average Bonchev–Trinajstić information content (AvgIpc) is 0.759.